The second-order valence-corrected chi connectivity index (χ2v) is 11.1. The Hall–Kier alpha value is -1.96. The molecule has 0 aliphatic heterocycles. The molecule has 0 radical (unpaired) electrons. The molecule has 41 heavy (non-hydrogen) atoms. The molecule has 0 heterocycles. The number of carbonyl (C=O) groups excluding carboxylic acids is 2. The number of nitrogens with one attached hydrogen (secondary N) is 2. The summed E-state index contributed by atoms with van der Waals surface area (Å²) >= 11 is 0. The van der Waals surface area contributed by atoms with Gasteiger partial charge < -0.3 is 48.5 Å². The Morgan fingerprint density at radius 3 is 1.24 bits per heavy atom. The van der Waals surface area contributed by atoms with Crippen LogP contribution in [0.3, 0.4) is 0 Å². The lowest BCUT2D eigenvalue weighted by atomic mass is 10.1. The van der Waals surface area contributed by atoms with Gasteiger partial charge in [-0.25, -0.2) is 9.59 Å². The normalized spacial score (nSPS) is 11.8. The molecular formula is C29H56N2O10. The molecule has 2 amide bonds. The highest BCUT2D eigenvalue weighted by Crippen LogP contribution is 2.08. The van der Waals surface area contributed by atoms with Crippen molar-refractivity contribution < 1.29 is 47.5 Å². The van der Waals surface area contributed by atoms with Crippen LogP contribution in [-0.2, 0) is 37.9 Å². The zero-order valence-corrected chi connectivity index (χ0v) is 26.3. The molecule has 0 saturated carbocycles. The van der Waals surface area contributed by atoms with E-state index in [0.29, 0.717) is 92.4 Å². The lowest BCUT2D eigenvalue weighted by Gasteiger charge is -2.19. The lowest BCUT2D eigenvalue weighted by Crippen LogP contribution is -2.34. The molecule has 0 aliphatic carbocycles. The number of hydrogen-bond donors (Lipinski definition) is 2. The van der Waals surface area contributed by atoms with Crippen LogP contribution >= 0.6 is 0 Å². The molecule has 0 aromatic rings. The van der Waals surface area contributed by atoms with E-state index in [-0.39, 0.29) is 0 Å². The summed E-state index contributed by atoms with van der Waals surface area (Å²) in [6.45, 7) is 21.7. The molecule has 0 unspecified atom stereocenters. The van der Waals surface area contributed by atoms with Gasteiger partial charge in [0.25, 0.3) is 0 Å². The Kier molecular flexibility index (Phi) is 23.4. The molecule has 0 saturated heterocycles. The van der Waals surface area contributed by atoms with Crippen LogP contribution in [0, 0.1) is 0 Å². The highest BCUT2D eigenvalue weighted by molar-refractivity contribution is 5.67. The summed E-state index contributed by atoms with van der Waals surface area (Å²) in [4.78, 5) is 23.0. The Balaban J connectivity index is 3.30. The standard InChI is InChI=1S/C29H56N2O10/c1-25(10-14-35-18-22-39-24-20-37-16-12-31-27(33)41-29(5,6)7)9-8-13-34-17-21-38-23-19-36-15-11-30-26(32)40-28(2,3)4/h1,8-24H2,2-7H3,(H,30,32)(H,31,33). The van der Waals surface area contributed by atoms with E-state index in [0.717, 1.165) is 24.8 Å². The molecular weight excluding hydrogens is 536 g/mol. The molecule has 0 aromatic carbocycles. The summed E-state index contributed by atoms with van der Waals surface area (Å²) in [5.74, 6) is 0. The Labute approximate surface area is 247 Å². The summed E-state index contributed by atoms with van der Waals surface area (Å²) < 4.78 is 43.2. The van der Waals surface area contributed by atoms with Gasteiger partial charge in [0.15, 0.2) is 0 Å². The first kappa shape index (κ1) is 39.0. The second kappa shape index (κ2) is 24.6. The number of amides is 2. The largest absolute Gasteiger partial charge is 0.444 e. The van der Waals surface area contributed by atoms with Crippen molar-refractivity contribution in [1.29, 1.82) is 0 Å². The van der Waals surface area contributed by atoms with Crippen molar-refractivity contribution in [2.24, 2.45) is 0 Å². The summed E-state index contributed by atoms with van der Waals surface area (Å²) in [5, 5.41) is 5.27. The van der Waals surface area contributed by atoms with E-state index in [9.17, 15) is 9.59 Å². The van der Waals surface area contributed by atoms with Gasteiger partial charge in [0.2, 0.25) is 0 Å². The number of alkyl carbamates (subject to hydrolysis) is 2. The molecule has 12 nitrogen and oxygen atoms in total. The average Bonchev–Trinajstić information content (AvgIpc) is 2.85. The van der Waals surface area contributed by atoms with Crippen LogP contribution in [0.5, 0.6) is 0 Å². The fraction of sp³-hybridized carbons (Fsp3) is 0.862. The van der Waals surface area contributed by atoms with Crippen molar-refractivity contribution in [2.75, 3.05) is 92.4 Å². The first-order valence-electron chi connectivity index (χ1n) is 14.5. The number of hydrogen-bond acceptors (Lipinski definition) is 10. The number of rotatable bonds is 25. The minimum atomic E-state index is -0.509. The predicted octanol–water partition coefficient (Wildman–Crippen LogP) is 3.86. The van der Waals surface area contributed by atoms with E-state index in [1.54, 1.807) is 0 Å². The fourth-order valence-electron chi connectivity index (χ4n) is 2.93. The van der Waals surface area contributed by atoms with Crippen LogP contribution in [0.1, 0.15) is 60.8 Å². The van der Waals surface area contributed by atoms with E-state index < -0.39 is 23.4 Å². The maximum Gasteiger partial charge on any atom is 0.407 e. The lowest BCUT2D eigenvalue weighted by molar-refractivity contribution is 0.0130. The third-order valence-electron chi connectivity index (χ3n) is 4.74. The van der Waals surface area contributed by atoms with E-state index in [2.05, 4.69) is 17.2 Å². The minimum Gasteiger partial charge on any atom is -0.444 e. The maximum absolute atomic E-state index is 11.5. The predicted molar refractivity (Wildman–Crippen MR) is 156 cm³/mol. The van der Waals surface area contributed by atoms with Gasteiger partial charge in [-0.1, -0.05) is 12.2 Å². The summed E-state index contributed by atoms with van der Waals surface area (Å²) in [6, 6.07) is 0. The van der Waals surface area contributed by atoms with E-state index in [4.69, 9.17) is 37.9 Å². The Morgan fingerprint density at radius 2 is 0.854 bits per heavy atom. The highest BCUT2D eigenvalue weighted by Gasteiger charge is 2.16. The van der Waals surface area contributed by atoms with Gasteiger partial charge in [0.05, 0.1) is 72.7 Å². The van der Waals surface area contributed by atoms with Gasteiger partial charge in [-0.2, -0.15) is 0 Å². The van der Waals surface area contributed by atoms with Gasteiger partial charge in [-0.15, -0.1) is 0 Å². The fourth-order valence-corrected chi connectivity index (χ4v) is 2.93. The van der Waals surface area contributed by atoms with Crippen LogP contribution < -0.4 is 10.6 Å². The van der Waals surface area contributed by atoms with Crippen LogP contribution in [0.4, 0.5) is 9.59 Å². The third-order valence-corrected chi connectivity index (χ3v) is 4.74. The van der Waals surface area contributed by atoms with Crippen LogP contribution in [-0.4, -0.2) is 116 Å². The van der Waals surface area contributed by atoms with Crippen molar-refractivity contribution >= 4 is 12.2 Å². The Morgan fingerprint density at radius 1 is 0.512 bits per heavy atom. The molecule has 0 bridgehead atoms. The summed E-state index contributed by atoms with van der Waals surface area (Å²) in [6.07, 6.45) is 1.71. The number of ether oxygens (including phenoxy) is 8. The number of carbonyl (C=O) groups is 2. The third kappa shape index (κ3) is 32.4. The summed E-state index contributed by atoms with van der Waals surface area (Å²) in [7, 11) is 0. The maximum atomic E-state index is 11.5. The van der Waals surface area contributed by atoms with Crippen molar-refractivity contribution in [1.82, 2.24) is 10.6 Å². The van der Waals surface area contributed by atoms with Crippen LogP contribution in [0.15, 0.2) is 12.2 Å². The molecule has 0 rings (SSSR count). The van der Waals surface area contributed by atoms with Crippen LogP contribution in [0.25, 0.3) is 0 Å². The molecule has 12 heteroatoms. The Bertz CT molecular complexity index is 677. The van der Waals surface area contributed by atoms with Gasteiger partial charge >= 0.3 is 12.2 Å². The van der Waals surface area contributed by atoms with Gasteiger partial charge in [0.1, 0.15) is 11.2 Å². The second-order valence-electron chi connectivity index (χ2n) is 11.1. The minimum absolute atomic E-state index is 0.387. The summed E-state index contributed by atoms with van der Waals surface area (Å²) in [5.41, 5.74) is 0.120. The highest BCUT2D eigenvalue weighted by atomic mass is 16.6. The zero-order chi connectivity index (χ0) is 30.8. The van der Waals surface area contributed by atoms with Crippen LogP contribution in [0.2, 0.25) is 0 Å². The molecule has 242 valence electrons. The zero-order valence-electron chi connectivity index (χ0n) is 26.3. The SMILES string of the molecule is C=C(CCCOCCOCCOCCNC(=O)OC(C)(C)C)CCOCCOCCOCCNC(=O)OC(C)(C)C. The smallest absolute Gasteiger partial charge is 0.407 e. The van der Waals surface area contributed by atoms with Gasteiger partial charge in [-0.05, 0) is 60.8 Å². The molecule has 0 fully saturated rings. The van der Waals surface area contributed by atoms with Gasteiger partial charge in [-0.3, -0.25) is 0 Å². The van der Waals surface area contributed by atoms with E-state index >= 15 is 0 Å². The first-order chi connectivity index (χ1) is 19.4. The molecule has 0 spiro atoms. The van der Waals surface area contributed by atoms with Gasteiger partial charge in [0, 0.05) is 19.7 Å². The molecule has 0 aromatic heterocycles. The van der Waals surface area contributed by atoms with Crippen molar-refractivity contribution in [2.45, 2.75) is 72.0 Å². The molecule has 0 aliphatic rings. The van der Waals surface area contributed by atoms with Crippen molar-refractivity contribution in [3.8, 4) is 0 Å². The van der Waals surface area contributed by atoms with Crippen molar-refractivity contribution in [3.63, 3.8) is 0 Å². The quantitative estimate of drug-likeness (QED) is 0.119. The molecule has 2 N–H and O–H groups in total. The van der Waals surface area contributed by atoms with E-state index in [1.165, 1.54) is 0 Å². The monoisotopic (exact) mass is 592 g/mol. The topological polar surface area (TPSA) is 132 Å². The average molecular weight is 593 g/mol. The van der Waals surface area contributed by atoms with Crippen molar-refractivity contribution in [3.05, 3.63) is 12.2 Å². The molecule has 0 atom stereocenters. The first-order valence-corrected chi connectivity index (χ1v) is 14.5. The van der Waals surface area contributed by atoms with E-state index in [1.807, 2.05) is 41.5 Å².